The molecule has 5 heteroatoms. The van der Waals surface area contributed by atoms with Crippen LogP contribution in [-0.4, -0.2) is 53.3 Å². The van der Waals surface area contributed by atoms with Gasteiger partial charge >= 0.3 is 0 Å². The molecular formula is C16H24N2O3. The van der Waals surface area contributed by atoms with Crippen LogP contribution in [0.1, 0.15) is 36.2 Å². The Balaban J connectivity index is 2.18. The lowest BCUT2D eigenvalue weighted by Crippen LogP contribution is -2.60. The van der Waals surface area contributed by atoms with Crippen molar-refractivity contribution in [3.05, 3.63) is 29.6 Å². The van der Waals surface area contributed by atoms with Gasteiger partial charge in [-0.2, -0.15) is 0 Å². The van der Waals surface area contributed by atoms with Crippen LogP contribution in [0.2, 0.25) is 0 Å². The van der Waals surface area contributed by atoms with Crippen molar-refractivity contribution < 1.29 is 14.6 Å². The Hall–Kier alpha value is -1.46. The first kappa shape index (κ1) is 15.9. The predicted octanol–water partition coefficient (Wildman–Crippen LogP) is 1.64. The van der Waals surface area contributed by atoms with E-state index in [0.717, 1.165) is 5.56 Å². The van der Waals surface area contributed by atoms with Crippen molar-refractivity contribution in [2.45, 2.75) is 32.8 Å². The van der Waals surface area contributed by atoms with E-state index >= 15 is 0 Å². The SMILES string of the molecule is COCC1(O)CCN(C(=O)c2cnccc2C)CC1(C)C. The Morgan fingerprint density at radius 2 is 2.24 bits per heavy atom. The first-order valence-electron chi connectivity index (χ1n) is 7.22. The zero-order valence-corrected chi connectivity index (χ0v) is 13.2. The molecular weight excluding hydrogens is 268 g/mol. The first-order valence-corrected chi connectivity index (χ1v) is 7.22. The largest absolute Gasteiger partial charge is 0.387 e. The summed E-state index contributed by atoms with van der Waals surface area (Å²) in [4.78, 5) is 18.5. The van der Waals surface area contributed by atoms with Gasteiger partial charge in [-0.1, -0.05) is 13.8 Å². The maximum absolute atomic E-state index is 12.7. The number of hydrogen-bond acceptors (Lipinski definition) is 4. The quantitative estimate of drug-likeness (QED) is 0.920. The van der Waals surface area contributed by atoms with Crippen molar-refractivity contribution in [1.82, 2.24) is 9.88 Å². The van der Waals surface area contributed by atoms with Gasteiger partial charge < -0.3 is 14.7 Å². The number of aliphatic hydroxyl groups is 1. The summed E-state index contributed by atoms with van der Waals surface area (Å²) < 4.78 is 5.16. The summed E-state index contributed by atoms with van der Waals surface area (Å²) in [6.07, 6.45) is 3.81. The molecule has 5 nitrogen and oxygen atoms in total. The number of carbonyl (C=O) groups excluding carboxylic acids is 1. The van der Waals surface area contributed by atoms with Crippen LogP contribution in [0.15, 0.2) is 18.5 Å². The number of methoxy groups -OCH3 is 1. The van der Waals surface area contributed by atoms with Gasteiger partial charge in [-0.15, -0.1) is 0 Å². The molecule has 1 aliphatic rings. The third-order valence-corrected chi connectivity index (χ3v) is 4.58. The molecule has 0 aliphatic carbocycles. The van der Waals surface area contributed by atoms with Gasteiger partial charge in [0, 0.05) is 38.0 Å². The number of piperidine rings is 1. The van der Waals surface area contributed by atoms with Crippen molar-refractivity contribution in [3.63, 3.8) is 0 Å². The summed E-state index contributed by atoms with van der Waals surface area (Å²) >= 11 is 0. The molecule has 2 heterocycles. The molecule has 2 rings (SSSR count). The standard InChI is InChI=1S/C16H24N2O3/c1-12-5-7-17-9-13(12)14(19)18-8-6-16(20,11-21-4)15(2,3)10-18/h5,7,9,20H,6,8,10-11H2,1-4H3. The number of pyridine rings is 1. The summed E-state index contributed by atoms with van der Waals surface area (Å²) in [5, 5.41) is 10.7. The van der Waals surface area contributed by atoms with Crippen LogP contribution in [0, 0.1) is 12.3 Å². The van der Waals surface area contributed by atoms with Crippen molar-refractivity contribution in [2.24, 2.45) is 5.41 Å². The van der Waals surface area contributed by atoms with Crippen molar-refractivity contribution in [2.75, 3.05) is 26.8 Å². The molecule has 0 saturated carbocycles. The topological polar surface area (TPSA) is 62.7 Å². The van der Waals surface area contributed by atoms with E-state index in [1.165, 1.54) is 0 Å². The van der Waals surface area contributed by atoms with Gasteiger partial charge in [0.05, 0.1) is 17.8 Å². The van der Waals surface area contributed by atoms with Crippen LogP contribution in [-0.2, 0) is 4.74 Å². The molecule has 0 aromatic carbocycles. The van der Waals surface area contributed by atoms with E-state index in [9.17, 15) is 9.90 Å². The number of aryl methyl sites for hydroxylation is 1. The summed E-state index contributed by atoms with van der Waals surface area (Å²) in [5.74, 6) is -0.0202. The molecule has 0 radical (unpaired) electrons. The zero-order valence-electron chi connectivity index (χ0n) is 13.2. The zero-order chi connectivity index (χ0) is 15.7. The summed E-state index contributed by atoms with van der Waals surface area (Å²) in [6, 6.07) is 1.84. The monoisotopic (exact) mass is 292 g/mol. The van der Waals surface area contributed by atoms with E-state index in [1.54, 1.807) is 24.4 Å². The van der Waals surface area contributed by atoms with Gasteiger partial charge in [-0.3, -0.25) is 9.78 Å². The predicted molar refractivity (Wildman–Crippen MR) is 80.1 cm³/mol. The highest BCUT2D eigenvalue weighted by molar-refractivity contribution is 5.95. The molecule has 1 unspecified atom stereocenters. The smallest absolute Gasteiger partial charge is 0.255 e. The van der Waals surface area contributed by atoms with Crippen LogP contribution in [0.25, 0.3) is 0 Å². The van der Waals surface area contributed by atoms with Crippen molar-refractivity contribution >= 4 is 5.91 Å². The van der Waals surface area contributed by atoms with Gasteiger partial charge in [0.1, 0.15) is 0 Å². The Labute approximate surface area is 125 Å². The molecule has 1 atom stereocenters. The first-order chi connectivity index (χ1) is 9.81. The number of carbonyl (C=O) groups is 1. The van der Waals surface area contributed by atoms with Gasteiger partial charge in [-0.25, -0.2) is 0 Å². The number of rotatable bonds is 3. The van der Waals surface area contributed by atoms with Crippen LogP contribution in [0.5, 0.6) is 0 Å². The average Bonchev–Trinajstić information content (AvgIpc) is 2.42. The van der Waals surface area contributed by atoms with Gasteiger partial charge in [0.25, 0.3) is 5.91 Å². The Morgan fingerprint density at radius 3 is 2.81 bits per heavy atom. The molecule has 21 heavy (non-hydrogen) atoms. The van der Waals surface area contributed by atoms with E-state index in [1.807, 2.05) is 26.8 Å². The fourth-order valence-electron chi connectivity index (χ4n) is 2.90. The van der Waals surface area contributed by atoms with Crippen molar-refractivity contribution in [3.8, 4) is 0 Å². The Morgan fingerprint density at radius 1 is 1.52 bits per heavy atom. The number of amides is 1. The average molecular weight is 292 g/mol. The molecule has 116 valence electrons. The molecule has 0 bridgehead atoms. The van der Waals surface area contributed by atoms with Crippen LogP contribution < -0.4 is 0 Å². The number of ether oxygens (including phenoxy) is 1. The maximum Gasteiger partial charge on any atom is 0.255 e. The van der Waals surface area contributed by atoms with Crippen LogP contribution >= 0.6 is 0 Å². The second-order valence-electron chi connectivity index (χ2n) is 6.52. The third-order valence-electron chi connectivity index (χ3n) is 4.58. The normalized spacial score (nSPS) is 24.9. The van der Waals surface area contributed by atoms with Gasteiger partial charge in [0.15, 0.2) is 0 Å². The Bertz CT molecular complexity index is 530. The summed E-state index contributed by atoms with van der Waals surface area (Å²) in [6.45, 7) is 7.17. The third kappa shape index (κ3) is 2.94. The van der Waals surface area contributed by atoms with E-state index in [2.05, 4.69) is 4.98 Å². The maximum atomic E-state index is 12.7. The fraction of sp³-hybridized carbons (Fsp3) is 0.625. The minimum absolute atomic E-state index is 0.0202. The van der Waals surface area contributed by atoms with Gasteiger partial charge in [0.2, 0.25) is 0 Å². The molecule has 1 fully saturated rings. The number of hydrogen-bond donors (Lipinski definition) is 1. The fourth-order valence-corrected chi connectivity index (χ4v) is 2.90. The molecule has 0 spiro atoms. The summed E-state index contributed by atoms with van der Waals surface area (Å²) in [7, 11) is 1.59. The van der Waals surface area contributed by atoms with E-state index < -0.39 is 11.0 Å². The van der Waals surface area contributed by atoms with Crippen LogP contribution in [0.4, 0.5) is 0 Å². The number of likely N-dealkylation sites (tertiary alicyclic amines) is 1. The highest BCUT2D eigenvalue weighted by Gasteiger charge is 2.48. The lowest BCUT2D eigenvalue weighted by atomic mass is 9.70. The minimum Gasteiger partial charge on any atom is -0.387 e. The molecule has 1 N–H and O–H groups in total. The number of aromatic nitrogens is 1. The second kappa shape index (κ2) is 5.73. The molecule has 1 aromatic heterocycles. The lowest BCUT2D eigenvalue weighted by molar-refractivity contribution is -0.144. The summed E-state index contributed by atoms with van der Waals surface area (Å²) in [5.41, 5.74) is 0.228. The molecule has 1 aliphatic heterocycles. The highest BCUT2D eigenvalue weighted by atomic mass is 16.5. The number of nitrogens with zero attached hydrogens (tertiary/aromatic N) is 2. The van der Waals surface area contributed by atoms with Crippen LogP contribution in [0.3, 0.4) is 0 Å². The van der Waals surface area contributed by atoms with Crippen molar-refractivity contribution in [1.29, 1.82) is 0 Å². The molecule has 1 amide bonds. The van der Waals surface area contributed by atoms with E-state index in [-0.39, 0.29) is 12.5 Å². The van der Waals surface area contributed by atoms with Gasteiger partial charge in [-0.05, 0) is 25.0 Å². The molecule has 1 aromatic rings. The highest BCUT2D eigenvalue weighted by Crippen LogP contribution is 2.39. The minimum atomic E-state index is -0.900. The van der Waals surface area contributed by atoms with E-state index in [4.69, 9.17) is 4.74 Å². The van der Waals surface area contributed by atoms with E-state index in [0.29, 0.717) is 25.1 Å². The second-order valence-corrected chi connectivity index (χ2v) is 6.52. The Kier molecular flexibility index (Phi) is 4.35. The lowest BCUT2D eigenvalue weighted by Gasteiger charge is -2.50. The molecule has 1 saturated heterocycles.